The van der Waals surface area contributed by atoms with Crippen molar-refractivity contribution < 1.29 is 33.6 Å². The lowest BCUT2D eigenvalue weighted by atomic mass is 9.51. The summed E-state index contributed by atoms with van der Waals surface area (Å²) < 4.78 is 23.7. The number of esters is 2. The van der Waals surface area contributed by atoms with Crippen molar-refractivity contribution in [3.63, 3.8) is 0 Å². The zero-order chi connectivity index (χ0) is 21.2. The van der Waals surface area contributed by atoms with Gasteiger partial charge in [-0.3, -0.25) is 9.59 Å². The van der Waals surface area contributed by atoms with Crippen molar-refractivity contribution >= 4 is 11.9 Å². The third-order valence-corrected chi connectivity index (χ3v) is 7.61. The topological polar surface area (TPSA) is 94.6 Å². The summed E-state index contributed by atoms with van der Waals surface area (Å²) in [4.78, 5) is 24.1. The number of ether oxygens (including phenoxy) is 4. The van der Waals surface area contributed by atoms with E-state index < -0.39 is 34.7 Å². The molecule has 0 aromatic heterocycles. The number of hydrogen-bond acceptors (Lipinski definition) is 7. The SMILES string of the molecule is CC(=O)OCC12CC(OC(=O)CC(C)C)C(C)=CC1OC1C(O)CC2(C)C12CO2. The normalized spacial score (nSPS) is 45.0. The Kier molecular flexibility index (Phi) is 4.87. The first-order valence-corrected chi connectivity index (χ1v) is 10.5. The molecule has 3 fully saturated rings. The van der Waals surface area contributed by atoms with E-state index in [-0.39, 0.29) is 30.6 Å². The zero-order valence-electron chi connectivity index (χ0n) is 17.9. The van der Waals surface area contributed by atoms with Gasteiger partial charge in [-0.15, -0.1) is 0 Å². The van der Waals surface area contributed by atoms with E-state index in [0.29, 0.717) is 25.9 Å². The van der Waals surface area contributed by atoms with Crippen LogP contribution in [0, 0.1) is 16.7 Å². The lowest BCUT2D eigenvalue weighted by molar-refractivity contribution is -0.230. The van der Waals surface area contributed by atoms with E-state index in [4.69, 9.17) is 18.9 Å². The number of carbonyl (C=O) groups excluding carboxylic acids is 2. The van der Waals surface area contributed by atoms with Crippen molar-refractivity contribution in [2.24, 2.45) is 16.7 Å². The fraction of sp³-hybridized carbons (Fsp3) is 0.818. The minimum atomic E-state index is -0.647. The van der Waals surface area contributed by atoms with Gasteiger partial charge in [-0.1, -0.05) is 26.8 Å². The number of rotatable bonds is 5. The summed E-state index contributed by atoms with van der Waals surface area (Å²) in [6.45, 7) is 10.0. The predicted octanol–water partition coefficient (Wildman–Crippen LogP) is 2.15. The van der Waals surface area contributed by atoms with E-state index in [9.17, 15) is 14.7 Å². The molecule has 4 rings (SSSR count). The van der Waals surface area contributed by atoms with Gasteiger partial charge in [0.25, 0.3) is 0 Å². The number of epoxide rings is 1. The maximum atomic E-state index is 12.4. The van der Waals surface area contributed by atoms with Crippen molar-refractivity contribution in [3.8, 4) is 0 Å². The van der Waals surface area contributed by atoms with Crippen molar-refractivity contribution in [1.29, 1.82) is 0 Å². The molecule has 1 spiro atoms. The van der Waals surface area contributed by atoms with Crippen LogP contribution in [-0.2, 0) is 28.5 Å². The zero-order valence-corrected chi connectivity index (χ0v) is 17.9. The molecular formula is C22H32O7. The van der Waals surface area contributed by atoms with Gasteiger partial charge in [-0.05, 0) is 24.8 Å². The highest BCUT2D eigenvalue weighted by atomic mass is 16.6. The molecule has 0 aromatic rings. The number of hydrogen-bond donors (Lipinski definition) is 1. The van der Waals surface area contributed by atoms with Gasteiger partial charge in [0.2, 0.25) is 0 Å². The summed E-state index contributed by atoms with van der Waals surface area (Å²) in [5.74, 6) is -0.391. The highest BCUT2D eigenvalue weighted by Gasteiger charge is 2.81. The van der Waals surface area contributed by atoms with Gasteiger partial charge in [0.1, 0.15) is 24.4 Å². The molecule has 162 valence electrons. The molecule has 2 aliphatic heterocycles. The molecule has 7 heteroatoms. The molecule has 2 heterocycles. The Labute approximate surface area is 171 Å². The second-order valence-electron chi connectivity index (χ2n) is 9.89. The van der Waals surface area contributed by atoms with Gasteiger partial charge in [-0.2, -0.15) is 0 Å². The molecule has 7 unspecified atom stereocenters. The Balaban J connectivity index is 1.71. The molecule has 7 nitrogen and oxygen atoms in total. The summed E-state index contributed by atoms with van der Waals surface area (Å²) in [6, 6.07) is 0. The molecular weight excluding hydrogens is 376 g/mol. The lowest BCUT2D eigenvalue weighted by Gasteiger charge is -2.58. The quantitative estimate of drug-likeness (QED) is 0.423. The first-order chi connectivity index (χ1) is 13.5. The number of fused-ring (bicyclic) bond motifs is 2. The Hall–Kier alpha value is -1.44. The van der Waals surface area contributed by atoms with E-state index in [1.165, 1.54) is 6.92 Å². The highest BCUT2D eigenvalue weighted by Crippen LogP contribution is 2.71. The van der Waals surface area contributed by atoms with Crippen molar-refractivity contribution in [1.82, 2.24) is 0 Å². The third-order valence-electron chi connectivity index (χ3n) is 7.61. The van der Waals surface area contributed by atoms with Crippen LogP contribution < -0.4 is 0 Å². The van der Waals surface area contributed by atoms with Gasteiger partial charge in [0.05, 0.1) is 18.8 Å². The van der Waals surface area contributed by atoms with Gasteiger partial charge in [-0.25, -0.2) is 0 Å². The fourth-order valence-corrected chi connectivity index (χ4v) is 5.89. The molecule has 0 aromatic carbocycles. The van der Waals surface area contributed by atoms with E-state index in [1.807, 2.05) is 26.8 Å². The Bertz CT molecular complexity index is 739. The molecule has 4 aliphatic rings. The predicted molar refractivity (Wildman–Crippen MR) is 103 cm³/mol. The van der Waals surface area contributed by atoms with Crippen LogP contribution in [-0.4, -0.2) is 60.3 Å². The largest absolute Gasteiger partial charge is 0.465 e. The van der Waals surface area contributed by atoms with Crippen LogP contribution in [0.2, 0.25) is 0 Å². The molecule has 0 amide bonds. The average molecular weight is 408 g/mol. The maximum absolute atomic E-state index is 12.4. The Morgan fingerprint density at radius 3 is 2.62 bits per heavy atom. The second kappa shape index (κ2) is 6.79. The van der Waals surface area contributed by atoms with E-state index in [0.717, 1.165) is 5.57 Å². The maximum Gasteiger partial charge on any atom is 0.306 e. The summed E-state index contributed by atoms with van der Waals surface area (Å²) in [6.07, 6.45) is 1.50. The van der Waals surface area contributed by atoms with Gasteiger partial charge in [0, 0.05) is 30.6 Å². The molecule has 0 radical (unpaired) electrons. The van der Waals surface area contributed by atoms with Crippen LogP contribution in [0.5, 0.6) is 0 Å². The number of carbonyl (C=O) groups is 2. The summed E-state index contributed by atoms with van der Waals surface area (Å²) >= 11 is 0. The Morgan fingerprint density at radius 2 is 2.03 bits per heavy atom. The van der Waals surface area contributed by atoms with Gasteiger partial charge >= 0.3 is 11.9 Å². The van der Waals surface area contributed by atoms with E-state index >= 15 is 0 Å². The number of aliphatic hydroxyl groups excluding tert-OH is 1. The standard InChI is InChI=1S/C22H32O7/c1-12(2)6-18(25)28-16-9-21(10-26-14(4)23)17(7-13(16)3)29-19-15(24)8-20(21,5)22(19)11-27-22/h7,12,15-17,19,24H,6,8-11H2,1-5H3. The molecule has 1 saturated carbocycles. The third kappa shape index (κ3) is 2.96. The van der Waals surface area contributed by atoms with Crippen LogP contribution >= 0.6 is 0 Å². The summed E-state index contributed by atoms with van der Waals surface area (Å²) in [7, 11) is 0. The average Bonchev–Trinajstić information content (AvgIpc) is 3.37. The van der Waals surface area contributed by atoms with Crippen LogP contribution in [0.4, 0.5) is 0 Å². The van der Waals surface area contributed by atoms with Gasteiger partial charge in [0.15, 0.2) is 0 Å². The van der Waals surface area contributed by atoms with Crippen molar-refractivity contribution in [2.45, 2.75) is 83.9 Å². The van der Waals surface area contributed by atoms with Crippen molar-refractivity contribution in [3.05, 3.63) is 11.6 Å². The van der Waals surface area contributed by atoms with E-state index in [1.54, 1.807) is 0 Å². The summed E-state index contributed by atoms with van der Waals surface area (Å²) in [5.41, 5.74) is -0.765. The van der Waals surface area contributed by atoms with Crippen LogP contribution in [0.15, 0.2) is 11.6 Å². The monoisotopic (exact) mass is 408 g/mol. The second-order valence-corrected chi connectivity index (χ2v) is 9.89. The van der Waals surface area contributed by atoms with Crippen LogP contribution in [0.3, 0.4) is 0 Å². The molecule has 29 heavy (non-hydrogen) atoms. The van der Waals surface area contributed by atoms with Crippen molar-refractivity contribution in [2.75, 3.05) is 13.2 Å². The molecule has 2 aliphatic carbocycles. The molecule has 7 atom stereocenters. The van der Waals surface area contributed by atoms with E-state index in [2.05, 4.69) is 6.92 Å². The number of aliphatic hydroxyl groups is 1. The first-order valence-electron chi connectivity index (χ1n) is 10.5. The minimum Gasteiger partial charge on any atom is -0.465 e. The van der Waals surface area contributed by atoms with Crippen LogP contribution in [0.1, 0.15) is 53.9 Å². The fourth-order valence-electron chi connectivity index (χ4n) is 5.89. The van der Waals surface area contributed by atoms with Gasteiger partial charge < -0.3 is 24.1 Å². The lowest BCUT2D eigenvalue weighted by Crippen LogP contribution is -2.66. The van der Waals surface area contributed by atoms with Crippen LogP contribution in [0.25, 0.3) is 0 Å². The molecule has 2 saturated heterocycles. The highest BCUT2D eigenvalue weighted by molar-refractivity contribution is 5.70. The summed E-state index contributed by atoms with van der Waals surface area (Å²) in [5, 5.41) is 10.7. The smallest absolute Gasteiger partial charge is 0.306 e. The minimum absolute atomic E-state index is 0.135. The first kappa shape index (κ1) is 20.8. The Morgan fingerprint density at radius 1 is 1.34 bits per heavy atom. The molecule has 2 bridgehead atoms. The molecule has 1 N–H and O–H groups in total.